The van der Waals surface area contributed by atoms with Crippen molar-refractivity contribution in [1.29, 1.82) is 0 Å². The average molecular weight is 277 g/mol. The Morgan fingerprint density at radius 2 is 2.15 bits per heavy atom. The van der Waals surface area contributed by atoms with E-state index in [1.807, 2.05) is 6.07 Å². The quantitative estimate of drug-likeness (QED) is 0.795. The molecule has 1 aromatic carbocycles. The van der Waals surface area contributed by atoms with Crippen molar-refractivity contribution in [3.63, 3.8) is 0 Å². The number of hydrogen-bond acceptors (Lipinski definition) is 3. The first-order chi connectivity index (χ1) is 9.55. The molecule has 1 aliphatic rings. The molecule has 0 saturated heterocycles. The van der Waals surface area contributed by atoms with Crippen molar-refractivity contribution >= 4 is 0 Å². The summed E-state index contributed by atoms with van der Waals surface area (Å²) in [4.78, 5) is 0. The Balaban J connectivity index is 2.18. The van der Waals surface area contributed by atoms with Crippen molar-refractivity contribution in [2.75, 3.05) is 13.2 Å². The van der Waals surface area contributed by atoms with Crippen molar-refractivity contribution in [2.24, 2.45) is 0 Å². The highest BCUT2D eigenvalue weighted by Gasteiger charge is 2.33. The van der Waals surface area contributed by atoms with Gasteiger partial charge >= 0.3 is 0 Å². The molecule has 20 heavy (non-hydrogen) atoms. The summed E-state index contributed by atoms with van der Waals surface area (Å²) in [6.45, 7) is 10.3. The summed E-state index contributed by atoms with van der Waals surface area (Å²) in [6, 6.07) is 6.60. The van der Waals surface area contributed by atoms with E-state index >= 15 is 0 Å². The van der Waals surface area contributed by atoms with Gasteiger partial charge in [0.05, 0.1) is 6.61 Å². The van der Waals surface area contributed by atoms with Crippen LogP contribution in [0.2, 0.25) is 0 Å². The van der Waals surface area contributed by atoms with Gasteiger partial charge in [-0.25, -0.2) is 0 Å². The van der Waals surface area contributed by atoms with E-state index in [0.29, 0.717) is 6.04 Å². The van der Waals surface area contributed by atoms with Crippen molar-refractivity contribution in [2.45, 2.75) is 58.6 Å². The molecule has 2 rings (SSSR count). The zero-order valence-corrected chi connectivity index (χ0v) is 13.2. The SMILES string of the molecule is CCCCOc1ccc2c(c1)OC(C)(C)CC2NCC. The molecule has 3 nitrogen and oxygen atoms in total. The zero-order valence-electron chi connectivity index (χ0n) is 13.2. The minimum absolute atomic E-state index is 0.137. The van der Waals surface area contributed by atoms with Crippen LogP contribution < -0.4 is 14.8 Å². The molecule has 0 aliphatic carbocycles. The van der Waals surface area contributed by atoms with E-state index < -0.39 is 0 Å². The second kappa shape index (κ2) is 6.49. The van der Waals surface area contributed by atoms with Crippen LogP contribution in [0.5, 0.6) is 11.5 Å². The van der Waals surface area contributed by atoms with E-state index in [4.69, 9.17) is 9.47 Å². The van der Waals surface area contributed by atoms with Gasteiger partial charge in [0.1, 0.15) is 17.1 Å². The fourth-order valence-electron chi connectivity index (χ4n) is 2.68. The number of hydrogen-bond donors (Lipinski definition) is 1. The fraction of sp³-hybridized carbons (Fsp3) is 0.647. The van der Waals surface area contributed by atoms with E-state index in [0.717, 1.165) is 43.9 Å². The van der Waals surface area contributed by atoms with Crippen LogP contribution >= 0.6 is 0 Å². The maximum Gasteiger partial charge on any atom is 0.128 e. The summed E-state index contributed by atoms with van der Waals surface area (Å²) in [5.41, 5.74) is 1.11. The molecule has 0 aromatic heterocycles. The van der Waals surface area contributed by atoms with Crippen LogP contribution in [0.25, 0.3) is 0 Å². The molecule has 0 amide bonds. The van der Waals surface area contributed by atoms with Crippen molar-refractivity contribution in [1.82, 2.24) is 5.32 Å². The van der Waals surface area contributed by atoms with Gasteiger partial charge in [0.25, 0.3) is 0 Å². The van der Waals surface area contributed by atoms with Crippen LogP contribution in [0.1, 0.15) is 58.6 Å². The normalized spacial score (nSPS) is 20.1. The molecule has 3 heteroatoms. The number of ether oxygens (including phenoxy) is 2. The molecular weight excluding hydrogens is 250 g/mol. The molecule has 1 unspecified atom stereocenters. The zero-order chi connectivity index (χ0) is 14.6. The summed E-state index contributed by atoms with van der Waals surface area (Å²) in [5, 5.41) is 3.55. The van der Waals surface area contributed by atoms with E-state index in [9.17, 15) is 0 Å². The van der Waals surface area contributed by atoms with Gasteiger partial charge in [-0.3, -0.25) is 0 Å². The lowest BCUT2D eigenvalue weighted by Crippen LogP contribution is -2.39. The van der Waals surface area contributed by atoms with Crippen molar-refractivity contribution in [3.05, 3.63) is 23.8 Å². The summed E-state index contributed by atoms with van der Waals surface area (Å²) >= 11 is 0. The van der Waals surface area contributed by atoms with E-state index in [2.05, 4.69) is 45.1 Å². The molecule has 1 atom stereocenters. The molecule has 1 aliphatic heterocycles. The van der Waals surface area contributed by atoms with Crippen LogP contribution in [0.3, 0.4) is 0 Å². The highest BCUT2D eigenvalue weighted by molar-refractivity contribution is 5.44. The number of fused-ring (bicyclic) bond motifs is 1. The Hall–Kier alpha value is -1.22. The second-order valence-corrected chi connectivity index (χ2v) is 6.08. The topological polar surface area (TPSA) is 30.5 Å². The third kappa shape index (κ3) is 3.66. The van der Waals surface area contributed by atoms with Gasteiger partial charge < -0.3 is 14.8 Å². The molecule has 112 valence electrons. The summed E-state index contributed by atoms with van der Waals surface area (Å²) in [5.74, 6) is 1.87. The smallest absolute Gasteiger partial charge is 0.128 e. The summed E-state index contributed by atoms with van der Waals surface area (Å²) in [7, 11) is 0. The first-order valence-electron chi connectivity index (χ1n) is 7.75. The Morgan fingerprint density at radius 3 is 2.85 bits per heavy atom. The van der Waals surface area contributed by atoms with E-state index in [1.165, 1.54) is 5.56 Å². The predicted octanol–water partition coefficient (Wildman–Crippen LogP) is 4.08. The lowest BCUT2D eigenvalue weighted by molar-refractivity contribution is 0.0660. The molecule has 1 heterocycles. The predicted molar refractivity (Wildman–Crippen MR) is 82.6 cm³/mol. The molecule has 0 fully saturated rings. The standard InChI is InChI=1S/C17H27NO2/c1-5-7-10-19-13-8-9-14-15(18-6-2)12-17(3,4)20-16(14)11-13/h8-9,11,15,18H,5-7,10,12H2,1-4H3. The molecule has 0 bridgehead atoms. The maximum absolute atomic E-state index is 6.12. The molecule has 0 radical (unpaired) electrons. The third-order valence-electron chi connectivity index (χ3n) is 3.66. The molecule has 1 aromatic rings. The van der Waals surface area contributed by atoms with Crippen LogP contribution in [-0.2, 0) is 0 Å². The first-order valence-corrected chi connectivity index (χ1v) is 7.75. The van der Waals surface area contributed by atoms with Gasteiger partial charge in [0, 0.05) is 24.1 Å². The first kappa shape index (κ1) is 15.2. The van der Waals surface area contributed by atoms with Gasteiger partial charge in [-0.15, -0.1) is 0 Å². The highest BCUT2D eigenvalue weighted by Crippen LogP contribution is 2.41. The second-order valence-electron chi connectivity index (χ2n) is 6.08. The van der Waals surface area contributed by atoms with Crippen LogP contribution in [0.15, 0.2) is 18.2 Å². The van der Waals surface area contributed by atoms with Crippen LogP contribution in [0, 0.1) is 0 Å². The van der Waals surface area contributed by atoms with Gasteiger partial charge in [0.15, 0.2) is 0 Å². The van der Waals surface area contributed by atoms with Gasteiger partial charge in [-0.1, -0.05) is 26.3 Å². The molecule has 1 N–H and O–H groups in total. The Kier molecular flexibility index (Phi) is 4.92. The third-order valence-corrected chi connectivity index (χ3v) is 3.66. The van der Waals surface area contributed by atoms with Crippen LogP contribution in [-0.4, -0.2) is 18.8 Å². The lowest BCUT2D eigenvalue weighted by Gasteiger charge is -2.38. The highest BCUT2D eigenvalue weighted by atomic mass is 16.5. The lowest BCUT2D eigenvalue weighted by atomic mass is 9.89. The monoisotopic (exact) mass is 277 g/mol. The molecular formula is C17H27NO2. The maximum atomic E-state index is 6.12. The number of benzene rings is 1. The summed E-state index contributed by atoms with van der Waals surface area (Å²) < 4.78 is 11.9. The van der Waals surface area contributed by atoms with E-state index in [-0.39, 0.29) is 5.60 Å². The Labute approximate surface area is 122 Å². The molecule has 0 saturated carbocycles. The minimum atomic E-state index is -0.137. The number of unbranched alkanes of at least 4 members (excludes halogenated alkanes) is 1. The van der Waals surface area contributed by atoms with Crippen molar-refractivity contribution in [3.8, 4) is 11.5 Å². The summed E-state index contributed by atoms with van der Waals surface area (Å²) in [6.07, 6.45) is 3.23. The minimum Gasteiger partial charge on any atom is -0.493 e. The largest absolute Gasteiger partial charge is 0.493 e. The van der Waals surface area contributed by atoms with Gasteiger partial charge in [-0.2, -0.15) is 0 Å². The van der Waals surface area contributed by atoms with Crippen molar-refractivity contribution < 1.29 is 9.47 Å². The Bertz CT molecular complexity index is 443. The van der Waals surface area contributed by atoms with Gasteiger partial charge in [-0.05, 0) is 32.9 Å². The number of nitrogens with one attached hydrogen (secondary N) is 1. The average Bonchev–Trinajstić information content (AvgIpc) is 2.37. The fourth-order valence-corrected chi connectivity index (χ4v) is 2.68. The molecule has 0 spiro atoms. The van der Waals surface area contributed by atoms with E-state index in [1.54, 1.807) is 0 Å². The van der Waals surface area contributed by atoms with Gasteiger partial charge in [0.2, 0.25) is 0 Å². The Morgan fingerprint density at radius 1 is 1.35 bits per heavy atom. The number of rotatable bonds is 6. The van der Waals surface area contributed by atoms with Crippen LogP contribution in [0.4, 0.5) is 0 Å².